The standard InChI is InChI=1S/C19H23ClN2O2/c1-22(2)13-5-12-21-19(23)15-8-10-17(11-9-15)24-14-16-6-3-4-7-18(16)20/h3-4,6-11H,5,12-14H2,1-2H3,(H,21,23). The summed E-state index contributed by atoms with van der Waals surface area (Å²) in [6.07, 6.45) is 0.928. The molecule has 0 atom stereocenters. The minimum Gasteiger partial charge on any atom is -0.489 e. The molecule has 0 saturated carbocycles. The van der Waals surface area contributed by atoms with E-state index >= 15 is 0 Å². The van der Waals surface area contributed by atoms with E-state index in [1.807, 2.05) is 38.4 Å². The Morgan fingerprint density at radius 1 is 1.12 bits per heavy atom. The van der Waals surface area contributed by atoms with Gasteiger partial charge in [-0.2, -0.15) is 0 Å². The van der Waals surface area contributed by atoms with Crippen LogP contribution in [0.3, 0.4) is 0 Å². The summed E-state index contributed by atoms with van der Waals surface area (Å²) in [6.45, 7) is 2.02. The van der Waals surface area contributed by atoms with Crippen molar-refractivity contribution in [1.82, 2.24) is 10.2 Å². The molecule has 0 aliphatic rings. The molecule has 0 heterocycles. The zero-order chi connectivity index (χ0) is 17.4. The molecule has 4 nitrogen and oxygen atoms in total. The largest absolute Gasteiger partial charge is 0.489 e. The van der Waals surface area contributed by atoms with Gasteiger partial charge in [0.2, 0.25) is 0 Å². The number of hydrogen-bond donors (Lipinski definition) is 1. The van der Waals surface area contributed by atoms with Crippen LogP contribution in [-0.4, -0.2) is 38.0 Å². The number of nitrogens with zero attached hydrogens (tertiary/aromatic N) is 1. The Bertz CT molecular complexity index is 657. The molecule has 2 rings (SSSR count). The van der Waals surface area contributed by atoms with Crippen molar-refractivity contribution in [2.45, 2.75) is 13.0 Å². The molecule has 2 aromatic rings. The van der Waals surface area contributed by atoms with Gasteiger partial charge in [0.1, 0.15) is 12.4 Å². The van der Waals surface area contributed by atoms with Crippen molar-refractivity contribution in [2.24, 2.45) is 0 Å². The summed E-state index contributed by atoms with van der Waals surface area (Å²) in [5, 5.41) is 3.60. The maximum absolute atomic E-state index is 12.0. The first-order valence-electron chi connectivity index (χ1n) is 7.95. The zero-order valence-electron chi connectivity index (χ0n) is 14.1. The maximum Gasteiger partial charge on any atom is 0.251 e. The van der Waals surface area contributed by atoms with Gasteiger partial charge in [0.25, 0.3) is 5.91 Å². The lowest BCUT2D eigenvalue weighted by Crippen LogP contribution is -2.27. The van der Waals surface area contributed by atoms with E-state index in [1.165, 1.54) is 0 Å². The molecule has 1 N–H and O–H groups in total. The van der Waals surface area contributed by atoms with Gasteiger partial charge in [-0.15, -0.1) is 0 Å². The Morgan fingerprint density at radius 2 is 1.83 bits per heavy atom. The zero-order valence-corrected chi connectivity index (χ0v) is 14.8. The Balaban J connectivity index is 1.82. The van der Waals surface area contributed by atoms with Crippen LogP contribution < -0.4 is 10.1 Å². The van der Waals surface area contributed by atoms with E-state index in [1.54, 1.807) is 24.3 Å². The fourth-order valence-corrected chi connectivity index (χ4v) is 2.37. The number of ether oxygens (including phenoxy) is 1. The number of benzene rings is 2. The van der Waals surface area contributed by atoms with Gasteiger partial charge in [-0.1, -0.05) is 29.8 Å². The monoisotopic (exact) mass is 346 g/mol. The third-order valence-electron chi connectivity index (χ3n) is 3.54. The highest BCUT2D eigenvalue weighted by Gasteiger charge is 2.06. The number of carbonyl (C=O) groups excluding carboxylic acids is 1. The van der Waals surface area contributed by atoms with Gasteiger partial charge in [-0.05, 0) is 57.4 Å². The van der Waals surface area contributed by atoms with Crippen LogP contribution in [0.15, 0.2) is 48.5 Å². The van der Waals surface area contributed by atoms with Crippen LogP contribution in [0.5, 0.6) is 5.75 Å². The highest BCUT2D eigenvalue weighted by Crippen LogP contribution is 2.19. The van der Waals surface area contributed by atoms with E-state index in [0.29, 0.717) is 29.5 Å². The molecule has 5 heteroatoms. The summed E-state index contributed by atoms with van der Waals surface area (Å²) in [4.78, 5) is 14.1. The summed E-state index contributed by atoms with van der Waals surface area (Å²) in [7, 11) is 4.03. The van der Waals surface area contributed by atoms with Crippen molar-refractivity contribution in [2.75, 3.05) is 27.2 Å². The highest BCUT2D eigenvalue weighted by molar-refractivity contribution is 6.31. The lowest BCUT2D eigenvalue weighted by molar-refractivity contribution is 0.0952. The number of carbonyl (C=O) groups is 1. The molecule has 128 valence electrons. The molecule has 0 fully saturated rings. The number of rotatable bonds is 8. The van der Waals surface area contributed by atoms with Gasteiger partial charge in [0.15, 0.2) is 0 Å². The number of amides is 1. The molecule has 0 bridgehead atoms. The molecule has 0 aliphatic carbocycles. The minimum atomic E-state index is -0.0635. The predicted molar refractivity (Wildman–Crippen MR) is 97.7 cm³/mol. The number of halogens is 1. The molecular formula is C19H23ClN2O2. The van der Waals surface area contributed by atoms with Gasteiger partial charge in [0.05, 0.1) is 0 Å². The van der Waals surface area contributed by atoms with E-state index < -0.39 is 0 Å². The Kier molecular flexibility index (Phi) is 7.09. The first kappa shape index (κ1) is 18.3. The quantitative estimate of drug-likeness (QED) is 0.742. The second kappa shape index (κ2) is 9.30. The lowest BCUT2D eigenvalue weighted by atomic mass is 10.2. The van der Waals surface area contributed by atoms with Crippen molar-refractivity contribution in [3.05, 3.63) is 64.7 Å². The normalized spacial score (nSPS) is 10.7. The van der Waals surface area contributed by atoms with Crippen LogP contribution in [0.4, 0.5) is 0 Å². The second-order valence-electron chi connectivity index (χ2n) is 5.82. The van der Waals surface area contributed by atoms with E-state index in [-0.39, 0.29) is 5.91 Å². The van der Waals surface area contributed by atoms with Gasteiger partial charge in [-0.25, -0.2) is 0 Å². The predicted octanol–water partition coefficient (Wildman–Crippen LogP) is 3.60. The molecular weight excluding hydrogens is 324 g/mol. The molecule has 2 aromatic carbocycles. The van der Waals surface area contributed by atoms with E-state index in [0.717, 1.165) is 18.5 Å². The van der Waals surface area contributed by atoms with E-state index in [4.69, 9.17) is 16.3 Å². The van der Waals surface area contributed by atoms with E-state index in [9.17, 15) is 4.79 Å². The molecule has 24 heavy (non-hydrogen) atoms. The van der Waals surface area contributed by atoms with Crippen LogP contribution in [-0.2, 0) is 6.61 Å². The van der Waals surface area contributed by atoms with Crippen LogP contribution in [0.2, 0.25) is 5.02 Å². The Hall–Kier alpha value is -2.04. The second-order valence-corrected chi connectivity index (χ2v) is 6.22. The third-order valence-corrected chi connectivity index (χ3v) is 3.91. The van der Waals surface area contributed by atoms with Crippen molar-refractivity contribution in [1.29, 1.82) is 0 Å². The molecule has 0 radical (unpaired) electrons. The SMILES string of the molecule is CN(C)CCCNC(=O)c1ccc(OCc2ccccc2Cl)cc1. The minimum absolute atomic E-state index is 0.0635. The summed E-state index contributed by atoms with van der Waals surface area (Å²) in [5.41, 5.74) is 1.56. The van der Waals surface area contributed by atoms with Crippen molar-refractivity contribution < 1.29 is 9.53 Å². The maximum atomic E-state index is 12.0. The fraction of sp³-hybridized carbons (Fsp3) is 0.316. The van der Waals surface area contributed by atoms with Crippen LogP contribution in [0, 0.1) is 0 Å². The lowest BCUT2D eigenvalue weighted by Gasteiger charge is -2.10. The molecule has 0 saturated heterocycles. The van der Waals surface area contributed by atoms with Crippen LogP contribution in [0.1, 0.15) is 22.3 Å². The molecule has 0 unspecified atom stereocenters. The van der Waals surface area contributed by atoms with E-state index in [2.05, 4.69) is 10.2 Å². The molecule has 1 amide bonds. The van der Waals surface area contributed by atoms with Gasteiger partial charge in [0, 0.05) is 22.7 Å². The average molecular weight is 347 g/mol. The highest BCUT2D eigenvalue weighted by atomic mass is 35.5. The Morgan fingerprint density at radius 3 is 2.50 bits per heavy atom. The fourth-order valence-electron chi connectivity index (χ4n) is 2.18. The molecule has 0 aromatic heterocycles. The van der Waals surface area contributed by atoms with Crippen molar-refractivity contribution in [3.8, 4) is 5.75 Å². The summed E-state index contributed by atoms with van der Waals surface area (Å²) in [6, 6.07) is 14.7. The first-order chi connectivity index (χ1) is 11.6. The summed E-state index contributed by atoms with van der Waals surface area (Å²) < 4.78 is 5.71. The first-order valence-corrected chi connectivity index (χ1v) is 8.33. The summed E-state index contributed by atoms with van der Waals surface area (Å²) >= 11 is 6.10. The van der Waals surface area contributed by atoms with Crippen molar-refractivity contribution >= 4 is 17.5 Å². The smallest absolute Gasteiger partial charge is 0.251 e. The van der Waals surface area contributed by atoms with Crippen LogP contribution in [0.25, 0.3) is 0 Å². The van der Waals surface area contributed by atoms with Crippen molar-refractivity contribution in [3.63, 3.8) is 0 Å². The third kappa shape index (κ3) is 5.87. The molecule has 0 aliphatic heterocycles. The average Bonchev–Trinajstić information content (AvgIpc) is 2.58. The van der Waals surface area contributed by atoms with Gasteiger partial charge in [-0.3, -0.25) is 4.79 Å². The number of hydrogen-bond acceptors (Lipinski definition) is 3. The Labute approximate surface area is 148 Å². The van der Waals surface area contributed by atoms with Gasteiger partial charge >= 0.3 is 0 Å². The van der Waals surface area contributed by atoms with Gasteiger partial charge < -0.3 is 15.0 Å². The number of nitrogens with one attached hydrogen (secondary N) is 1. The van der Waals surface area contributed by atoms with Crippen LogP contribution >= 0.6 is 11.6 Å². The topological polar surface area (TPSA) is 41.6 Å². The summed E-state index contributed by atoms with van der Waals surface area (Å²) in [5.74, 6) is 0.644. The molecule has 0 spiro atoms.